The highest BCUT2D eigenvalue weighted by molar-refractivity contribution is 6.33. The van der Waals surface area contributed by atoms with Crippen LogP contribution in [0.1, 0.15) is 30.1 Å². The fraction of sp³-hybridized carbons (Fsp3) is 0.385. The van der Waals surface area contributed by atoms with Crippen LogP contribution < -0.4 is 5.32 Å². The number of hydrogen-bond acceptors (Lipinski definition) is 2. The van der Waals surface area contributed by atoms with E-state index < -0.39 is 0 Å². The Morgan fingerprint density at radius 1 is 1.33 bits per heavy atom. The molecule has 0 aliphatic rings. The standard InChI is InChI=1S/C13H17ClN2O2/c1-4-5-12(17)15-11-8-9(6-7-10(11)14)13(18)16(2)3/h6-8H,4-5H2,1-3H3,(H,15,17). The Labute approximate surface area is 112 Å². The van der Waals surface area contributed by atoms with E-state index in [-0.39, 0.29) is 11.8 Å². The van der Waals surface area contributed by atoms with Gasteiger partial charge in [-0.3, -0.25) is 9.59 Å². The number of nitrogens with one attached hydrogen (secondary N) is 1. The highest BCUT2D eigenvalue weighted by Gasteiger charge is 2.12. The molecule has 0 aromatic heterocycles. The van der Waals surface area contributed by atoms with Crippen molar-refractivity contribution in [3.63, 3.8) is 0 Å². The number of amides is 2. The lowest BCUT2D eigenvalue weighted by Gasteiger charge is -2.12. The topological polar surface area (TPSA) is 49.4 Å². The van der Waals surface area contributed by atoms with Crippen molar-refractivity contribution in [3.05, 3.63) is 28.8 Å². The van der Waals surface area contributed by atoms with Gasteiger partial charge in [0.25, 0.3) is 5.91 Å². The van der Waals surface area contributed by atoms with Crippen molar-refractivity contribution in [1.29, 1.82) is 0 Å². The van der Waals surface area contributed by atoms with Gasteiger partial charge in [-0.15, -0.1) is 0 Å². The van der Waals surface area contributed by atoms with Crippen molar-refractivity contribution in [2.24, 2.45) is 0 Å². The van der Waals surface area contributed by atoms with Crippen LogP contribution in [0.2, 0.25) is 5.02 Å². The summed E-state index contributed by atoms with van der Waals surface area (Å²) in [7, 11) is 3.35. The average Bonchev–Trinajstić information content (AvgIpc) is 2.31. The van der Waals surface area contributed by atoms with Gasteiger partial charge in [0.05, 0.1) is 10.7 Å². The van der Waals surface area contributed by atoms with Gasteiger partial charge in [-0.1, -0.05) is 18.5 Å². The number of rotatable bonds is 4. The van der Waals surface area contributed by atoms with Crippen LogP contribution in [0.25, 0.3) is 0 Å². The van der Waals surface area contributed by atoms with Gasteiger partial charge in [-0.25, -0.2) is 0 Å². The van der Waals surface area contributed by atoms with Gasteiger partial charge in [0.1, 0.15) is 0 Å². The lowest BCUT2D eigenvalue weighted by molar-refractivity contribution is -0.116. The third-order valence-corrected chi connectivity index (χ3v) is 2.70. The summed E-state index contributed by atoms with van der Waals surface area (Å²) < 4.78 is 0. The lowest BCUT2D eigenvalue weighted by atomic mass is 10.1. The number of carbonyl (C=O) groups excluding carboxylic acids is 2. The minimum absolute atomic E-state index is 0.103. The molecule has 18 heavy (non-hydrogen) atoms. The molecular weight excluding hydrogens is 252 g/mol. The van der Waals surface area contributed by atoms with E-state index in [2.05, 4.69) is 5.32 Å². The summed E-state index contributed by atoms with van der Waals surface area (Å²) >= 11 is 5.99. The summed E-state index contributed by atoms with van der Waals surface area (Å²) in [5, 5.41) is 3.13. The number of halogens is 1. The van der Waals surface area contributed by atoms with Gasteiger partial charge in [0.2, 0.25) is 5.91 Å². The summed E-state index contributed by atoms with van der Waals surface area (Å²) in [4.78, 5) is 24.8. The molecule has 5 heteroatoms. The normalized spacial score (nSPS) is 10.0. The van der Waals surface area contributed by atoms with Crippen LogP contribution in [0.5, 0.6) is 0 Å². The van der Waals surface area contributed by atoms with Crippen molar-refractivity contribution >= 4 is 29.1 Å². The van der Waals surface area contributed by atoms with Gasteiger partial charge >= 0.3 is 0 Å². The SMILES string of the molecule is CCCC(=O)Nc1cc(C(=O)N(C)C)ccc1Cl. The first-order valence-corrected chi connectivity index (χ1v) is 6.14. The van der Waals surface area contributed by atoms with E-state index in [0.717, 1.165) is 6.42 Å². The number of nitrogens with zero attached hydrogens (tertiary/aromatic N) is 1. The highest BCUT2D eigenvalue weighted by Crippen LogP contribution is 2.23. The summed E-state index contributed by atoms with van der Waals surface area (Å²) in [5.41, 5.74) is 0.971. The summed E-state index contributed by atoms with van der Waals surface area (Å²) in [5.74, 6) is -0.230. The van der Waals surface area contributed by atoms with E-state index in [1.165, 1.54) is 4.90 Å². The summed E-state index contributed by atoms with van der Waals surface area (Å²) in [6.07, 6.45) is 1.20. The van der Waals surface area contributed by atoms with Crippen molar-refractivity contribution in [2.75, 3.05) is 19.4 Å². The van der Waals surface area contributed by atoms with Gasteiger partial charge < -0.3 is 10.2 Å². The number of benzene rings is 1. The molecule has 4 nitrogen and oxygen atoms in total. The van der Waals surface area contributed by atoms with Crippen molar-refractivity contribution in [3.8, 4) is 0 Å². The molecule has 0 saturated carbocycles. The van der Waals surface area contributed by atoms with Crippen molar-refractivity contribution in [2.45, 2.75) is 19.8 Å². The van der Waals surface area contributed by atoms with Crippen molar-refractivity contribution < 1.29 is 9.59 Å². The lowest BCUT2D eigenvalue weighted by Crippen LogP contribution is -2.22. The van der Waals surface area contributed by atoms with Crippen LogP contribution in [-0.2, 0) is 4.79 Å². The molecule has 0 spiro atoms. The third kappa shape index (κ3) is 3.74. The maximum absolute atomic E-state index is 11.8. The summed E-state index contributed by atoms with van der Waals surface area (Å²) in [6, 6.07) is 4.85. The largest absolute Gasteiger partial charge is 0.345 e. The number of anilines is 1. The maximum Gasteiger partial charge on any atom is 0.253 e. The van der Waals surface area contributed by atoms with Gasteiger partial charge in [0.15, 0.2) is 0 Å². The number of hydrogen-bond donors (Lipinski definition) is 1. The molecule has 98 valence electrons. The molecule has 0 atom stereocenters. The monoisotopic (exact) mass is 268 g/mol. The zero-order valence-electron chi connectivity index (χ0n) is 10.8. The molecule has 1 aromatic carbocycles. The zero-order chi connectivity index (χ0) is 13.7. The molecule has 0 fully saturated rings. The second kappa shape index (κ2) is 6.40. The molecule has 0 heterocycles. The van der Waals surface area contributed by atoms with Crippen LogP contribution in [-0.4, -0.2) is 30.8 Å². The molecule has 0 aliphatic heterocycles. The molecule has 0 radical (unpaired) electrons. The fourth-order valence-electron chi connectivity index (χ4n) is 1.45. The van der Waals surface area contributed by atoms with Gasteiger partial charge in [-0.05, 0) is 24.6 Å². The molecule has 0 unspecified atom stereocenters. The smallest absolute Gasteiger partial charge is 0.253 e. The van der Waals surface area contributed by atoms with Crippen LogP contribution >= 0.6 is 11.6 Å². The Morgan fingerprint density at radius 3 is 2.56 bits per heavy atom. The first-order chi connectivity index (χ1) is 8.45. The van der Waals surface area contributed by atoms with Crippen LogP contribution in [0.3, 0.4) is 0 Å². The molecule has 1 N–H and O–H groups in total. The fourth-order valence-corrected chi connectivity index (χ4v) is 1.62. The van der Waals surface area contributed by atoms with E-state index in [1.54, 1.807) is 32.3 Å². The minimum Gasteiger partial charge on any atom is -0.345 e. The van der Waals surface area contributed by atoms with E-state index in [4.69, 9.17) is 11.6 Å². The maximum atomic E-state index is 11.8. The van der Waals surface area contributed by atoms with Crippen LogP contribution in [0.15, 0.2) is 18.2 Å². The molecule has 1 rings (SSSR count). The van der Waals surface area contributed by atoms with E-state index >= 15 is 0 Å². The molecular formula is C13H17ClN2O2. The minimum atomic E-state index is -0.127. The van der Waals surface area contributed by atoms with Crippen molar-refractivity contribution in [1.82, 2.24) is 4.90 Å². The molecule has 0 bridgehead atoms. The Morgan fingerprint density at radius 2 is 2.00 bits per heavy atom. The Bertz CT molecular complexity index is 458. The van der Waals surface area contributed by atoms with Gasteiger partial charge in [-0.2, -0.15) is 0 Å². The predicted molar refractivity (Wildman–Crippen MR) is 73.0 cm³/mol. The Balaban J connectivity index is 2.94. The second-order valence-corrected chi connectivity index (χ2v) is 4.60. The van der Waals surface area contributed by atoms with E-state index in [9.17, 15) is 9.59 Å². The van der Waals surface area contributed by atoms with Gasteiger partial charge in [0, 0.05) is 26.1 Å². The first-order valence-electron chi connectivity index (χ1n) is 5.76. The first kappa shape index (κ1) is 14.5. The Hall–Kier alpha value is -1.55. The van der Waals surface area contributed by atoms with E-state index in [1.807, 2.05) is 6.92 Å². The zero-order valence-corrected chi connectivity index (χ0v) is 11.5. The quantitative estimate of drug-likeness (QED) is 0.913. The third-order valence-electron chi connectivity index (χ3n) is 2.37. The predicted octanol–water partition coefficient (Wildman–Crippen LogP) is 2.78. The second-order valence-electron chi connectivity index (χ2n) is 4.19. The molecule has 0 aliphatic carbocycles. The number of carbonyl (C=O) groups is 2. The summed E-state index contributed by atoms with van der Waals surface area (Å²) in [6.45, 7) is 1.92. The van der Waals surface area contributed by atoms with Crippen LogP contribution in [0, 0.1) is 0 Å². The van der Waals surface area contributed by atoms with Crippen LogP contribution in [0.4, 0.5) is 5.69 Å². The highest BCUT2D eigenvalue weighted by atomic mass is 35.5. The molecule has 1 aromatic rings. The molecule has 0 saturated heterocycles. The van der Waals surface area contributed by atoms with E-state index in [0.29, 0.717) is 22.7 Å². The average molecular weight is 269 g/mol. The Kier molecular flexibility index (Phi) is 5.16. The molecule has 2 amide bonds.